The van der Waals surface area contributed by atoms with Gasteiger partial charge in [0.05, 0.1) is 6.07 Å². The lowest BCUT2D eigenvalue weighted by Crippen LogP contribution is -1.97. The highest BCUT2D eigenvalue weighted by molar-refractivity contribution is 9.10. The van der Waals surface area contributed by atoms with Gasteiger partial charge in [-0.25, -0.2) is 4.39 Å². The first kappa shape index (κ1) is 14.3. The van der Waals surface area contributed by atoms with Crippen LogP contribution in [0.1, 0.15) is 11.1 Å². The van der Waals surface area contributed by atoms with Crippen molar-refractivity contribution in [2.75, 3.05) is 0 Å². The summed E-state index contributed by atoms with van der Waals surface area (Å²) in [6.07, 6.45) is 3.08. The molecule has 0 aromatic heterocycles. The van der Waals surface area contributed by atoms with Crippen molar-refractivity contribution in [1.29, 1.82) is 5.26 Å². The summed E-state index contributed by atoms with van der Waals surface area (Å²) in [4.78, 5) is 0. The molecule has 4 heteroatoms. The molecule has 0 aliphatic rings. The lowest BCUT2D eigenvalue weighted by molar-refractivity contribution is 0.305. The van der Waals surface area contributed by atoms with Gasteiger partial charge >= 0.3 is 0 Å². The number of halogens is 2. The van der Waals surface area contributed by atoms with Crippen LogP contribution in [0.3, 0.4) is 0 Å². The second kappa shape index (κ2) is 6.88. The molecule has 0 spiro atoms. The maximum absolute atomic E-state index is 12.8. The first-order chi connectivity index (χ1) is 9.69. The molecule has 0 bridgehead atoms. The molecule has 2 rings (SSSR count). The second-order valence-corrected chi connectivity index (χ2v) is 4.98. The van der Waals surface area contributed by atoms with Crippen LogP contribution in [-0.4, -0.2) is 0 Å². The van der Waals surface area contributed by atoms with E-state index >= 15 is 0 Å². The molecule has 0 fully saturated rings. The molecule has 0 atom stereocenters. The van der Waals surface area contributed by atoms with Crippen LogP contribution in [0, 0.1) is 17.1 Å². The summed E-state index contributed by atoms with van der Waals surface area (Å²) in [5, 5.41) is 8.60. The largest absolute Gasteiger partial charge is 0.488 e. The van der Waals surface area contributed by atoms with E-state index in [9.17, 15) is 4.39 Å². The number of hydrogen-bond acceptors (Lipinski definition) is 2. The summed E-state index contributed by atoms with van der Waals surface area (Å²) in [5.41, 5.74) is 1.69. The van der Waals surface area contributed by atoms with Crippen LogP contribution in [0.4, 0.5) is 4.39 Å². The molecule has 0 saturated heterocycles. The molecule has 2 nitrogen and oxygen atoms in total. The minimum Gasteiger partial charge on any atom is -0.488 e. The molecule has 2 aromatic carbocycles. The fraction of sp³-hybridized carbons (Fsp3) is 0.0625. The molecular weight excluding hydrogens is 321 g/mol. The maximum atomic E-state index is 12.8. The standard InChI is InChI=1S/C16H11BrFNO/c17-14-5-8-16(13(10-14)2-1-9-19)20-11-12-3-6-15(18)7-4-12/h1-8,10H,11H2. The Morgan fingerprint density at radius 2 is 1.95 bits per heavy atom. The minimum absolute atomic E-state index is 0.268. The SMILES string of the molecule is N#CC=Cc1cc(Br)ccc1OCc1ccc(F)cc1. The Labute approximate surface area is 125 Å². The molecular formula is C16H11BrFNO. The highest BCUT2D eigenvalue weighted by atomic mass is 79.9. The monoisotopic (exact) mass is 331 g/mol. The molecule has 0 N–H and O–H groups in total. The van der Waals surface area contributed by atoms with Gasteiger partial charge in [0.2, 0.25) is 0 Å². The van der Waals surface area contributed by atoms with E-state index < -0.39 is 0 Å². The van der Waals surface area contributed by atoms with E-state index in [1.54, 1.807) is 18.2 Å². The Kier molecular flexibility index (Phi) is 4.91. The van der Waals surface area contributed by atoms with Crippen LogP contribution >= 0.6 is 15.9 Å². The zero-order valence-corrected chi connectivity index (χ0v) is 12.1. The average molecular weight is 332 g/mol. The fourth-order valence-corrected chi connectivity index (χ4v) is 2.03. The number of allylic oxidation sites excluding steroid dienone is 1. The molecule has 0 heterocycles. The number of ether oxygens (including phenoxy) is 1. The van der Waals surface area contributed by atoms with Crippen molar-refractivity contribution in [2.24, 2.45) is 0 Å². The molecule has 0 radical (unpaired) electrons. The topological polar surface area (TPSA) is 33.0 Å². The Bertz CT molecular complexity index is 659. The van der Waals surface area contributed by atoms with Crippen molar-refractivity contribution in [3.05, 3.63) is 70.0 Å². The van der Waals surface area contributed by atoms with Crippen molar-refractivity contribution < 1.29 is 9.13 Å². The third-order valence-electron chi connectivity index (χ3n) is 2.62. The number of benzene rings is 2. The predicted molar refractivity (Wildman–Crippen MR) is 79.5 cm³/mol. The van der Waals surface area contributed by atoms with E-state index in [4.69, 9.17) is 10.00 Å². The lowest BCUT2D eigenvalue weighted by Gasteiger charge is -2.09. The van der Waals surface area contributed by atoms with E-state index in [0.717, 1.165) is 15.6 Å². The Morgan fingerprint density at radius 1 is 1.20 bits per heavy atom. The van der Waals surface area contributed by atoms with E-state index in [0.29, 0.717) is 12.4 Å². The van der Waals surface area contributed by atoms with Gasteiger partial charge in [-0.15, -0.1) is 0 Å². The first-order valence-electron chi connectivity index (χ1n) is 5.92. The molecule has 0 amide bonds. The van der Waals surface area contributed by atoms with Crippen LogP contribution in [0.15, 0.2) is 53.0 Å². The zero-order chi connectivity index (χ0) is 14.4. The fourth-order valence-electron chi connectivity index (χ4n) is 1.65. The summed E-state index contributed by atoms with van der Waals surface area (Å²) >= 11 is 3.38. The molecule has 0 aliphatic carbocycles. The summed E-state index contributed by atoms with van der Waals surface area (Å²) < 4.78 is 19.4. The highest BCUT2D eigenvalue weighted by Crippen LogP contribution is 2.25. The summed E-state index contributed by atoms with van der Waals surface area (Å²) in [6.45, 7) is 0.343. The lowest BCUT2D eigenvalue weighted by atomic mass is 10.2. The van der Waals surface area contributed by atoms with Crippen LogP contribution in [0.25, 0.3) is 6.08 Å². The van der Waals surface area contributed by atoms with Gasteiger partial charge in [0.1, 0.15) is 18.2 Å². The Hall–Kier alpha value is -2.12. The molecule has 0 unspecified atom stereocenters. The van der Waals surface area contributed by atoms with Crippen molar-refractivity contribution in [2.45, 2.75) is 6.61 Å². The quantitative estimate of drug-likeness (QED) is 0.760. The van der Waals surface area contributed by atoms with Gasteiger partial charge < -0.3 is 4.74 Å². The van der Waals surface area contributed by atoms with Crippen LogP contribution in [0.5, 0.6) is 5.75 Å². The van der Waals surface area contributed by atoms with Crippen molar-refractivity contribution in [1.82, 2.24) is 0 Å². The van der Waals surface area contributed by atoms with Gasteiger partial charge in [0, 0.05) is 16.1 Å². The minimum atomic E-state index is -0.268. The van der Waals surface area contributed by atoms with Crippen LogP contribution in [-0.2, 0) is 6.61 Å². The number of rotatable bonds is 4. The summed E-state index contributed by atoms with van der Waals surface area (Å²) in [5.74, 6) is 0.402. The number of nitrogens with zero attached hydrogens (tertiary/aromatic N) is 1. The smallest absolute Gasteiger partial charge is 0.127 e. The predicted octanol–water partition coefficient (Wildman–Crippen LogP) is 4.70. The van der Waals surface area contributed by atoms with Gasteiger partial charge in [0.25, 0.3) is 0 Å². The van der Waals surface area contributed by atoms with Crippen molar-refractivity contribution in [3.8, 4) is 11.8 Å². The molecule has 20 heavy (non-hydrogen) atoms. The first-order valence-corrected chi connectivity index (χ1v) is 6.71. The molecule has 0 aliphatic heterocycles. The zero-order valence-electron chi connectivity index (χ0n) is 10.5. The highest BCUT2D eigenvalue weighted by Gasteiger charge is 2.03. The van der Waals surface area contributed by atoms with E-state index in [1.165, 1.54) is 18.2 Å². The van der Waals surface area contributed by atoms with E-state index in [2.05, 4.69) is 15.9 Å². The summed E-state index contributed by atoms with van der Waals surface area (Å²) in [7, 11) is 0. The van der Waals surface area contributed by atoms with E-state index in [-0.39, 0.29) is 5.82 Å². The third-order valence-corrected chi connectivity index (χ3v) is 3.11. The number of nitriles is 1. The second-order valence-electron chi connectivity index (χ2n) is 4.06. The van der Waals surface area contributed by atoms with Crippen molar-refractivity contribution >= 4 is 22.0 Å². The maximum Gasteiger partial charge on any atom is 0.127 e. The normalized spacial score (nSPS) is 10.4. The number of hydrogen-bond donors (Lipinski definition) is 0. The third kappa shape index (κ3) is 3.94. The average Bonchev–Trinajstić information content (AvgIpc) is 2.46. The van der Waals surface area contributed by atoms with Crippen molar-refractivity contribution in [3.63, 3.8) is 0 Å². The Morgan fingerprint density at radius 3 is 2.65 bits per heavy atom. The van der Waals surface area contributed by atoms with E-state index in [1.807, 2.05) is 24.3 Å². The molecule has 100 valence electrons. The Balaban J connectivity index is 2.14. The van der Waals surface area contributed by atoms with Crippen LogP contribution < -0.4 is 4.74 Å². The van der Waals surface area contributed by atoms with Gasteiger partial charge in [-0.05, 0) is 42.0 Å². The van der Waals surface area contributed by atoms with Crippen LogP contribution in [0.2, 0.25) is 0 Å². The molecule has 0 saturated carbocycles. The van der Waals surface area contributed by atoms with Gasteiger partial charge in [-0.1, -0.05) is 28.1 Å². The van der Waals surface area contributed by atoms with Gasteiger partial charge in [0.15, 0.2) is 0 Å². The van der Waals surface area contributed by atoms with Gasteiger partial charge in [-0.3, -0.25) is 0 Å². The van der Waals surface area contributed by atoms with Gasteiger partial charge in [-0.2, -0.15) is 5.26 Å². The molecule has 2 aromatic rings. The summed E-state index contributed by atoms with van der Waals surface area (Å²) in [6, 6.07) is 13.7.